The van der Waals surface area contributed by atoms with E-state index >= 15 is 0 Å². The molecule has 1 aromatic heterocycles. The summed E-state index contributed by atoms with van der Waals surface area (Å²) in [6, 6.07) is 10.7. The molecule has 0 saturated heterocycles. The number of carbonyl (C=O) groups excluding carboxylic acids is 3. The standard InChI is InChI=1S/C21H13F3N4O4/c22-21(23,24)10-4-3-5-11(8-10)26-18(30)12-6-1-2-7-14(12)28-15(29)9-13-16(17(28)25)20(32)27-19(13)31/h1-9H,25H2,(H,26,30)(H,27,31,32). The molecule has 0 spiro atoms. The van der Waals surface area contributed by atoms with Crippen LogP contribution < -0.4 is 21.9 Å². The van der Waals surface area contributed by atoms with Gasteiger partial charge in [0, 0.05) is 11.8 Å². The number of pyridine rings is 1. The molecule has 11 heteroatoms. The molecule has 4 N–H and O–H groups in total. The van der Waals surface area contributed by atoms with Crippen molar-refractivity contribution in [1.29, 1.82) is 0 Å². The Morgan fingerprint density at radius 1 is 0.969 bits per heavy atom. The van der Waals surface area contributed by atoms with E-state index in [1.54, 1.807) is 0 Å². The molecule has 0 atom stereocenters. The van der Waals surface area contributed by atoms with Crippen molar-refractivity contribution >= 4 is 29.2 Å². The second kappa shape index (κ2) is 7.38. The highest BCUT2D eigenvalue weighted by Crippen LogP contribution is 2.31. The van der Waals surface area contributed by atoms with Crippen molar-refractivity contribution in [3.63, 3.8) is 0 Å². The highest BCUT2D eigenvalue weighted by molar-refractivity contribution is 6.23. The van der Waals surface area contributed by atoms with E-state index in [-0.39, 0.29) is 33.9 Å². The number of anilines is 2. The van der Waals surface area contributed by atoms with Gasteiger partial charge in [0.25, 0.3) is 23.3 Å². The maximum Gasteiger partial charge on any atom is 0.416 e. The molecule has 8 nitrogen and oxygen atoms in total. The Bertz CT molecular complexity index is 1360. The van der Waals surface area contributed by atoms with Gasteiger partial charge in [-0.25, -0.2) is 0 Å². The number of halogens is 3. The van der Waals surface area contributed by atoms with E-state index in [1.165, 1.54) is 30.3 Å². The number of nitrogens with one attached hydrogen (secondary N) is 2. The zero-order chi connectivity index (χ0) is 23.2. The molecule has 0 aliphatic carbocycles. The molecule has 1 aliphatic rings. The molecule has 0 fully saturated rings. The van der Waals surface area contributed by atoms with Crippen molar-refractivity contribution in [2.75, 3.05) is 11.1 Å². The minimum absolute atomic E-state index is 0.0191. The van der Waals surface area contributed by atoms with E-state index in [1.807, 2.05) is 5.32 Å². The first-order valence-electron chi connectivity index (χ1n) is 9.07. The van der Waals surface area contributed by atoms with Gasteiger partial charge in [-0.3, -0.25) is 29.1 Å². The van der Waals surface area contributed by atoms with Gasteiger partial charge in [-0.05, 0) is 30.3 Å². The molecule has 2 aromatic carbocycles. The summed E-state index contributed by atoms with van der Waals surface area (Å²) in [6.45, 7) is 0. The second-order valence-electron chi connectivity index (χ2n) is 6.82. The van der Waals surface area contributed by atoms with Crippen LogP contribution >= 0.6 is 0 Å². The van der Waals surface area contributed by atoms with Crippen molar-refractivity contribution in [3.8, 4) is 5.69 Å². The van der Waals surface area contributed by atoms with Crippen LogP contribution in [0, 0.1) is 0 Å². The van der Waals surface area contributed by atoms with E-state index in [9.17, 15) is 32.3 Å². The fourth-order valence-electron chi connectivity index (χ4n) is 3.36. The summed E-state index contributed by atoms with van der Waals surface area (Å²) in [5.74, 6) is -2.72. The number of rotatable bonds is 3. The summed E-state index contributed by atoms with van der Waals surface area (Å²) in [4.78, 5) is 49.4. The van der Waals surface area contributed by atoms with Crippen molar-refractivity contribution in [2.45, 2.75) is 6.18 Å². The average molecular weight is 442 g/mol. The summed E-state index contributed by atoms with van der Waals surface area (Å²) >= 11 is 0. The number of hydrogen-bond donors (Lipinski definition) is 3. The summed E-state index contributed by atoms with van der Waals surface area (Å²) in [6.07, 6.45) is -4.59. The zero-order valence-electron chi connectivity index (χ0n) is 16.0. The summed E-state index contributed by atoms with van der Waals surface area (Å²) in [5, 5.41) is 4.39. The molecule has 0 saturated carbocycles. The fourth-order valence-corrected chi connectivity index (χ4v) is 3.36. The Kier molecular flexibility index (Phi) is 4.80. The molecule has 0 bridgehead atoms. The maximum absolute atomic E-state index is 12.9. The third-order valence-corrected chi connectivity index (χ3v) is 4.79. The van der Waals surface area contributed by atoms with Gasteiger partial charge in [0.15, 0.2) is 0 Å². The van der Waals surface area contributed by atoms with Crippen molar-refractivity contribution in [2.24, 2.45) is 0 Å². The Morgan fingerprint density at radius 2 is 1.69 bits per heavy atom. The molecule has 3 aromatic rings. The number of carbonyl (C=O) groups is 3. The van der Waals surface area contributed by atoms with E-state index < -0.39 is 35.0 Å². The number of alkyl halides is 3. The molecule has 32 heavy (non-hydrogen) atoms. The molecular formula is C21H13F3N4O4. The third-order valence-electron chi connectivity index (χ3n) is 4.79. The Labute approximate surface area is 177 Å². The van der Waals surface area contributed by atoms with Gasteiger partial charge in [0.1, 0.15) is 5.82 Å². The van der Waals surface area contributed by atoms with Gasteiger partial charge in [-0.15, -0.1) is 0 Å². The zero-order valence-corrected chi connectivity index (χ0v) is 16.0. The predicted octanol–water partition coefficient (Wildman–Crippen LogP) is 2.57. The normalized spacial score (nSPS) is 13.0. The van der Waals surface area contributed by atoms with Gasteiger partial charge < -0.3 is 11.1 Å². The number of amides is 3. The number of nitrogens with zero attached hydrogens (tertiary/aromatic N) is 1. The smallest absolute Gasteiger partial charge is 0.384 e. The topological polar surface area (TPSA) is 123 Å². The van der Waals surface area contributed by atoms with Crippen molar-refractivity contribution < 1.29 is 27.6 Å². The molecule has 2 heterocycles. The monoisotopic (exact) mass is 442 g/mol. The largest absolute Gasteiger partial charge is 0.416 e. The van der Waals surface area contributed by atoms with E-state index in [2.05, 4.69) is 5.32 Å². The van der Waals surface area contributed by atoms with Crippen LogP contribution in [0.1, 0.15) is 36.6 Å². The fraction of sp³-hybridized carbons (Fsp3) is 0.0476. The SMILES string of the molecule is Nc1c2c(cc(=O)n1-c1ccccc1C(=O)Nc1cccc(C(F)(F)F)c1)C(=O)NC2=O. The van der Waals surface area contributed by atoms with Gasteiger partial charge >= 0.3 is 6.18 Å². The van der Waals surface area contributed by atoms with E-state index in [0.29, 0.717) is 0 Å². The van der Waals surface area contributed by atoms with Crippen LogP contribution in [0.3, 0.4) is 0 Å². The second-order valence-corrected chi connectivity index (χ2v) is 6.82. The lowest BCUT2D eigenvalue weighted by molar-refractivity contribution is -0.137. The van der Waals surface area contributed by atoms with Gasteiger partial charge in [0.2, 0.25) is 0 Å². The van der Waals surface area contributed by atoms with Gasteiger partial charge in [-0.2, -0.15) is 13.2 Å². The number of aromatic nitrogens is 1. The van der Waals surface area contributed by atoms with Gasteiger partial charge in [0.05, 0.1) is 27.9 Å². The third kappa shape index (κ3) is 3.49. The van der Waals surface area contributed by atoms with E-state index in [0.717, 1.165) is 28.8 Å². The lowest BCUT2D eigenvalue weighted by atomic mass is 10.1. The van der Waals surface area contributed by atoms with Crippen molar-refractivity contribution in [1.82, 2.24) is 9.88 Å². The van der Waals surface area contributed by atoms with E-state index in [4.69, 9.17) is 5.73 Å². The molecule has 162 valence electrons. The van der Waals surface area contributed by atoms with Crippen LogP contribution in [-0.2, 0) is 6.18 Å². The van der Waals surface area contributed by atoms with Gasteiger partial charge in [-0.1, -0.05) is 18.2 Å². The molecule has 1 aliphatic heterocycles. The number of imide groups is 1. The minimum Gasteiger partial charge on any atom is -0.384 e. The lowest BCUT2D eigenvalue weighted by Gasteiger charge is -2.16. The maximum atomic E-state index is 12.9. The van der Waals surface area contributed by atoms with Crippen molar-refractivity contribution in [3.05, 3.63) is 87.2 Å². The summed E-state index contributed by atoms with van der Waals surface area (Å²) in [5.41, 5.74) is 3.67. The number of hydrogen-bond acceptors (Lipinski definition) is 5. The van der Waals surface area contributed by atoms with Crippen LogP contribution in [0.5, 0.6) is 0 Å². The highest BCUT2D eigenvalue weighted by atomic mass is 19.4. The molecule has 4 rings (SSSR count). The summed E-state index contributed by atoms with van der Waals surface area (Å²) < 4.78 is 39.7. The van der Waals surface area contributed by atoms with Crippen LogP contribution in [0.25, 0.3) is 5.69 Å². The van der Waals surface area contributed by atoms with Crippen LogP contribution in [0.15, 0.2) is 59.4 Å². The van der Waals surface area contributed by atoms with Crippen LogP contribution in [0.4, 0.5) is 24.7 Å². The minimum atomic E-state index is -4.59. The number of benzene rings is 2. The summed E-state index contributed by atoms with van der Waals surface area (Å²) in [7, 11) is 0. The number of fused-ring (bicyclic) bond motifs is 1. The molecular weight excluding hydrogens is 429 g/mol. The lowest BCUT2D eigenvalue weighted by Crippen LogP contribution is -2.26. The Morgan fingerprint density at radius 3 is 2.41 bits per heavy atom. The quantitative estimate of drug-likeness (QED) is 0.538. The average Bonchev–Trinajstić information content (AvgIpc) is 3.01. The number of nitrogen functional groups attached to an aromatic ring is 1. The Hall–Kier alpha value is -4.41. The molecule has 0 radical (unpaired) electrons. The highest BCUT2D eigenvalue weighted by Gasteiger charge is 2.33. The molecule has 3 amide bonds. The first kappa shape index (κ1) is 20.8. The van der Waals surface area contributed by atoms with Crippen LogP contribution in [0.2, 0.25) is 0 Å². The predicted molar refractivity (Wildman–Crippen MR) is 108 cm³/mol. The first-order chi connectivity index (χ1) is 15.1. The molecule has 0 unspecified atom stereocenters. The number of para-hydroxylation sites is 1. The first-order valence-corrected chi connectivity index (χ1v) is 9.07. The van der Waals surface area contributed by atoms with Crippen LogP contribution in [-0.4, -0.2) is 22.3 Å². The Balaban J connectivity index is 1.78. The number of nitrogens with two attached hydrogens (primary N) is 1.